The first-order chi connectivity index (χ1) is 13.9. The third-order valence-corrected chi connectivity index (χ3v) is 5.67. The number of aryl methyl sites for hydroxylation is 1. The number of imidazole rings is 1. The van der Waals surface area contributed by atoms with E-state index in [0.717, 1.165) is 10.3 Å². The highest BCUT2D eigenvalue weighted by Gasteiger charge is 2.24. The summed E-state index contributed by atoms with van der Waals surface area (Å²) in [6.07, 6.45) is 1.43. The SMILES string of the molecule is Cn1c(=O)c2c(ncn2CC(=O)N2CCN(c3ccccc3Cl)CC2)n(C)c1=O. The lowest BCUT2D eigenvalue weighted by molar-refractivity contribution is -0.132. The maximum absolute atomic E-state index is 12.8. The van der Waals surface area contributed by atoms with E-state index in [9.17, 15) is 14.4 Å². The van der Waals surface area contributed by atoms with E-state index in [1.54, 1.807) is 11.9 Å². The molecular weight excluding hydrogens is 396 g/mol. The Bertz CT molecular complexity index is 1200. The number of piperazine rings is 1. The van der Waals surface area contributed by atoms with Gasteiger partial charge < -0.3 is 14.4 Å². The van der Waals surface area contributed by atoms with E-state index in [1.807, 2.05) is 24.3 Å². The topological polar surface area (TPSA) is 85.4 Å². The van der Waals surface area contributed by atoms with Crippen LogP contribution >= 0.6 is 11.6 Å². The van der Waals surface area contributed by atoms with Crippen molar-refractivity contribution in [3.8, 4) is 0 Å². The quantitative estimate of drug-likeness (QED) is 0.618. The predicted octanol–water partition coefficient (Wildman–Crippen LogP) is 0.436. The zero-order valence-corrected chi connectivity index (χ0v) is 17.0. The lowest BCUT2D eigenvalue weighted by Gasteiger charge is -2.36. The first-order valence-electron chi connectivity index (χ1n) is 9.26. The van der Waals surface area contributed by atoms with Crippen LogP contribution in [0.15, 0.2) is 40.2 Å². The lowest BCUT2D eigenvalue weighted by Crippen LogP contribution is -2.49. The Balaban J connectivity index is 1.51. The fourth-order valence-electron chi connectivity index (χ4n) is 3.67. The number of amides is 1. The number of hydrogen-bond acceptors (Lipinski definition) is 5. The third-order valence-electron chi connectivity index (χ3n) is 5.35. The first-order valence-corrected chi connectivity index (χ1v) is 9.64. The van der Waals surface area contributed by atoms with Crippen molar-refractivity contribution in [3.05, 3.63) is 56.5 Å². The van der Waals surface area contributed by atoms with Crippen molar-refractivity contribution in [1.82, 2.24) is 23.6 Å². The standard InChI is InChI=1S/C19H21ClN6O3/c1-22-17-16(18(28)23(2)19(22)29)26(12-21-17)11-15(27)25-9-7-24(8-10-25)14-6-4-3-5-13(14)20/h3-6,12H,7-11H2,1-2H3. The Kier molecular flexibility index (Phi) is 4.91. The summed E-state index contributed by atoms with van der Waals surface area (Å²) in [6.45, 7) is 2.48. The van der Waals surface area contributed by atoms with E-state index in [4.69, 9.17) is 11.6 Å². The molecule has 9 nitrogen and oxygen atoms in total. The highest BCUT2D eigenvalue weighted by Crippen LogP contribution is 2.26. The molecule has 0 radical (unpaired) electrons. The second-order valence-electron chi connectivity index (χ2n) is 7.07. The molecule has 2 aromatic heterocycles. The summed E-state index contributed by atoms with van der Waals surface area (Å²) in [5.74, 6) is -0.0981. The maximum Gasteiger partial charge on any atom is 0.332 e. The number of aromatic nitrogens is 4. The molecule has 0 saturated carbocycles. The normalized spacial score (nSPS) is 14.6. The zero-order valence-electron chi connectivity index (χ0n) is 16.2. The van der Waals surface area contributed by atoms with Crippen LogP contribution in [0, 0.1) is 0 Å². The molecule has 0 bridgehead atoms. The Morgan fingerprint density at radius 1 is 1.07 bits per heavy atom. The first kappa shape index (κ1) is 19.3. The van der Waals surface area contributed by atoms with Crippen LogP contribution in [0.2, 0.25) is 5.02 Å². The Hall–Kier alpha value is -3.07. The number of rotatable bonds is 3. The van der Waals surface area contributed by atoms with Crippen LogP contribution < -0.4 is 16.1 Å². The van der Waals surface area contributed by atoms with E-state index < -0.39 is 11.2 Å². The average Bonchev–Trinajstić information content (AvgIpc) is 3.15. The molecular formula is C19H21ClN6O3. The molecule has 152 valence electrons. The van der Waals surface area contributed by atoms with Crippen molar-refractivity contribution in [2.24, 2.45) is 14.1 Å². The number of nitrogens with zero attached hydrogens (tertiary/aromatic N) is 6. The Morgan fingerprint density at radius 2 is 1.76 bits per heavy atom. The summed E-state index contributed by atoms with van der Waals surface area (Å²) >= 11 is 6.27. The monoisotopic (exact) mass is 416 g/mol. The van der Waals surface area contributed by atoms with Crippen LogP contribution in [0.3, 0.4) is 0 Å². The smallest absolute Gasteiger partial charge is 0.332 e. The van der Waals surface area contributed by atoms with Gasteiger partial charge in [0.1, 0.15) is 6.54 Å². The lowest BCUT2D eigenvalue weighted by atomic mass is 10.2. The number of benzene rings is 1. The molecule has 3 aromatic rings. The summed E-state index contributed by atoms with van der Waals surface area (Å²) in [7, 11) is 2.97. The van der Waals surface area contributed by atoms with Gasteiger partial charge in [-0.15, -0.1) is 0 Å². The van der Waals surface area contributed by atoms with Crippen LogP contribution in [0.4, 0.5) is 5.69 Å². The molecule has 3 heterocycles. The van der Waals surface area contributed by atoms with Crippen LogP contribution in [0.5, 0.6) is 0 Å². The molecule has 1 aliphatic rings. The number of carbonyl (C=O) groups excluding carboxylic acids is 1. The van der Waals surface area contributed by atoms with E-state index in [0.29, 0.717) is 31.2 Å². The number of carbonyl (C=O) groups is 1. The summed E-state index contributed by atoms with van der Waals surface area (Å²) in [4.78, 5) is 45.5. The maximum atomic E-state index is 12.8. The van der Waals surface area contributed by atoms with E-state index in [-0.39, 0.29) is 23.6 Å². The molecule has 4 rings (SSSR count). The molecule has 29 heavy (non-hydrogen) atoms. The molecule has 1 fully saturated rings. The van der Waals surface area contributed by atoms with Gasteiger partial charge in [-0.2, -0.15) is 0 Å². The van der Waals surface area contributed by atoms with Crippen LogP contribution in [-0.4, -0.2) is 55.7 Å². The number of para-hydroxylation sites is 1. The minimum absolute atomic E-state index is 0.00393. The summed E-state index contributed by atoms with van der Waals surface area (Å²) in [6, 6.07) is 7.65. The highest BCUT2D eigenvalue weighted by molar-refractivity contribution is 6.33. The summed E-state index contributed by atoms with van der Waals surface area (Å²) < 4.78 is 3.84. The van der Waals surface area contributed by atoms with E-state index in [1.165, 1.54) is 22.5 Å². The van der Waals surface area contributed by atoms with Crippen molar-refractivity contribution >= 4 is 34.4 Å². The summed E-state index contributed by atoms with van der Waals surface area (Å²) in [5, 5.41) is 0.693. The molecule has 0 atom stereocenters. The third kappa shape index (κ3) is 3.31. The van der Waals surface area contributed by atoms with E-state index in [2.05, 4.69) is 9.88 Å². The minimum Gasteiger partial charge on any atom is -0.367 e. The molecule has 1 aromatic carbocycles. The highest BCUT2D eigenvalue weighted by atomic mass is 35.5. The molecule has 1 aliphatic heterocycles. The Labute approximate surface area is 171 Å². The number of fused-ring (bicyclic) bond motifs is 1. The van der Waals surface area contributed by atoms with Gasteiger partial charge in [-0.25, -0.2) is 9.78 Å². The van der Waals surface area contributed by atoms with Gasteiger partial charge in [-0.3, -0.25) is 18.7 Å². The van der Waals surface area contributed by atoms with Gasteiger partial charge in [-0.05, 0) is 12.1 Å². The second-order valence-corrected chi connectivity index (χ2v) is 7.48. The second kappa shape index (κ2) is 7.40. The molecule has 0 N–H and O–H groups in total. The van der Waals surface area contributed by atoms with Gasteiger partial charge in [0.15, 0.2) is 11.2 Å². The van der Waals surface area contributed by atoms with E-state index >= 15 is 0 Å². The van der Waals surface area contributed by atoms with Crippen molar-refractivity contribution in [3.63, 3.8) is 0 Å². The van der Waals surface area contributed by atoms with Crippen LogP contribution in [0.1, 0.15) is 0 Å². The fourth-order valence-corrected chi connectivity index (χ4v) is 3.92. The molecule has 10 heteroatoms. The van der Waals surface area contributed by atoms with Gasteiger partial charge in [0.25, 0.3) is 5.56 Å². The number of hydrogen-bond donors (Lipinski definition) is 0. The van der Waals surface area contributed by atoms with Gasteiger partial charge in [0.2, 0.25) is 5.91 Å². The number of halogens is 1. The van der Waals surface area contributed by atoms with Gasteiger partial charge in [0, 0.05) is 40.3 Å². The van der Waals surface area contributed by atoms with Crippen LogP contribution in [0.25, 0.3) is 11.2 Å². The van der Waals surface area contributed by atoms with Gasteiger partial charge in [0.05, 0.1) is 17.0 Å². The molecule has 1 amide bonds. The average molecular weight is 417 g/mol. The number of anilines is 1. The Morgan fingerprint density at radius 3 is 2.45 bits per heavy atom. The van der Waals surface area contributed by atoms with Crippen LogP contribution in [-0.2, 0) is 25.4 Å². The van der Waals surface area contributed by atoms with Crippen molar-refractivity contribution in [2.45, 2.75) is 6.54 Å². The van der Waals surface area contributed by atoms with Crippen molar-refractivity contribution < 1.29 is 4.79 Å². The predicted molar refractivity (Wildman–Crippen MR) is 110 cm³/mol. The molecule has 0 aliphatic carbocycles. The molecule has 0 spiro atoms. The molecule has 0 unspecified atom stereocenters. The van der Waals surface area contributed by atoms with Gasteiger partial charge >= 0.3 is 5.69 Å². The van der Waals surface area contributed by atoms with Gasteiger partial charge in [-0.1, -0.05) is 23.7 Å². The summed E-state index contributed by atoms with van der Waals surface area (Å²) in [5.41, 5.74) is 0.574. The van der Waals surface area contributed by atoms with Crippen molar-refractivity contribution in [2.75, 3.05) is 31.1 Å². The molecule has 1 saturated heterocycles. The largest absolute Gasteiger partial charge is 0.367 e. The zero-order chi connectivity index (χ0) is 20.7. The van der Waals surface area contributed by atoms with Crippen molar-refractivity contribution in [1.29, 1.82) is 0 Å². The fraction of sp³-hybridized carbons (Fsp3) is 0.368. The minimum atomic E-state index is -0.461.